The SMILES string of the molecule is O=C(CCCc1ccc2[nH]c(=O)[nH]c2c1)NC1CCNCC1. The number of aryl methyl sites for hydroxylation is 1. The lowest BCUT2D eigenvalue weighted by Crippen LogP contribution is -2.42. The number of hydrogen-bond donors (Lipinski definition) is 4. The van der Waals surface area contributed by atoms with E-state index in [9.17, 15) is 9.59 Å². The zero-order chi connectivity index (χ0) is 15.4. The summed E-state index contributed by atoms with van der Waals surface area (Å²) in [5.74, 6) is 0.142. The third-order valence-corrected chi connectivity index (χ3v) is 4.15. The first-order valence-electron chi connectivity index (χ1n) is 7.92. The van der Waals surface area contributed by atoms with Crippen molar-refractivity contribution in [2.45, 2.75) is 38.1 Å². The molecule has 2 aromatic rings. The van der Waals surface area contributed by atoms with E-state index in [0.29, 0.717) is 12.5 Å². The average Bonchev–Trinajstić information content (AvgIpc) is 2.87. The Kier molecular flexibility index (Phi) is 4.58. The second-order valence-electron chi connectivity index (χ2n) is 5.90. The van der Waals surface area contributed by atoms with Crippen molar-refractivity contribution in [2.75, 3.05) is 13.1 Å². The average molecular weight is 302 g/mol. The van der Waals surface area contributed by atoms with E-state index in [0.717, 1.165) is 55.4 Å². The highest BCUT2D eigenvalue weighted by atomic mass is 16.1. The van der Waals surface area contributed by atoms with Gasteiger partial charge in [0.15, 0.2) is 0 Å². The molecule has 6 nitrogen and oxygen atoms in total. The van der Waals surface area contributed by atoms with Gasteiger partial charge in [0, 0.05) is 12.5 Å². The molecule has 6 heteroatoms. The molecule has 0 unspecified atom stereocenters. The van der Waals surface area contributed by atoms with Gasteiger partial charge in [-0.2, -0.15) is 0 Å². The quantitative estimate of drug-likeness (QED) is 0.665. The summed E-state index contributed by atoms with van der Waals surface area (Å²) in [6.45, 7) is 1.97. The Labute approximate surface area is 128 Å². The number of amides is 1. The number of carbonyl (C=O) groups excluding carboxylic acids is 1. The number of piperidine rings is 1. The minimum atomic E-state index is -0.187. The van der Waals surface area contributed by atoms with Crippen LogP contribution in [0.3, 0.4) is 0 Å². The Balaban J connectivity index is 1.46. The Bertz CT molecular complexity index is 697. The number of nitrogens with one attached hydrogen (secondary N) is 4. The van der Waals surface area contributed by atoms with Crippen molar-refractivity contribution in [3.05, 3.63) is 34.2 Å². The number of imidazole rings is 1. The van der Waals surface area contributed by atoms with Crippen molar-refractivity contribution in [3.63, 3.8) is 0 Å². The lowest BCUT2D eigenvalue weighted by molar-refractivity contribution is -0.122. The van der Waals surface area contributed by atoms with Crippen molar-refractivity contribution >= 4 is 16.9 Å². The Morgan fingerprint density at radius 3 is 2.77 bits per heavy atom. The number of H-pyrrole nitrogens is 2. The molecule has 0 bridgehead atoms. The van der Waals surface area contributed by atoms with Gasteiger partial charge in [0.2, 0.25) is 5.91 Å². The highest BCUT2D eigenvalue weighted by Gasteiger charge is 2.14. The summed E-state index contributed by atoms with van der Waals surface area (Å²) in [6.07, 6.45) is 4.23. The number of benzene rings is 1. The van der Waals surface area contributed by atoms with Crippen LogP contribution in [0.15, 0.2) is 23.0 Å². The van der Waals surface area contributed by atoms with Crippen LogP contribution in [-0.2, 0) is 11.2 Å². The molecule has 4 N–H and O–H groups in total. The molecule has 1 saturated heterocycles. The lowest BCUT2D eigenvalue weighted by Gasteiger charge is -2.23. The summed E-state index contributed by atoms with van der Waals surface area (Å²) in [7, 11) is 0. The van der Waals surface area contributed by atoms with E-state index < -0.39 is 0 Å². The summed E-state index contributed by atoms with van der Waals surface area (Å²) in [6, 6.07) is 6.20. The molecule has 1 aromatic carbocycles. The molecule has 22 heavy (non-hydrogen) atoms. The van der Waals surface area contributed by atoms with Gasteiger partial charge in [-0.15, -0.1) is 0 Å². The van der Waals surface area contributed by atoms with Gasteiger partial charge in [-0.05, 0) is 56.5 Å². The molecular formula is C16H22N4O2. The smallest absolute Gasteiger partial charge is 0.323 e. The van der Waals surface area contributed by atoms with Gasteiger partial charge in [0.1, 0.15) is 0 Å². The van der Waals surface area contributed by atoms with Crippen molar-refractivity contribution < 1.29 is 4.79 Å². The van der Waals surface area contributed by atoms with E-state index in [1.54, 1.807) is 0 Å². The molecule has 1 aromatic heterocycles. The van der Waals surface area contributed by atoms with E-state index in [1.165, 1.54) is 0 Å². The summed E-state index contributed by atoms with van der Waals surface area (Å²) < 4.78 is 0. The Morgan fingerprint density at radius 2 is 1.95 bits per heavy atom. The third-order valence-electron chi connectivity index (χ3n) is 4.15. The van der Waals surface area contributed by atoms with Gasteiger partial charge in [0.25, 0.3) is 0 Å². The van der Waals surface area contributed by atoms with Crippen LogP contribution in [0, 0.1) is 0 Å². The van der Waals surface area contributed by atoms with Gasteiger partial charge >= 0.3 is 5.69 Å². The molecular weight excluding hydrogens is 280 g/mol. The number of aromatic amines is 2. The summed E-state index contributed by atoms with van der Waals surface area (Å²) in [5.41, 5.74) is 2.59. The summed E-state index contributed by atoms with van der Waals surface area (Å²) in [5, 5.41) is 6.40. The standard InChI is InChI=1S/C16H22N4O2/c21-15(18-12-6-8-17-9-7-12)3-1-2-11-4-5-13-14(10-11)20-16(22)19-13/h4-5,10,12,17H,1-3,6-9H2,(H,18,21)(H2,19,20,22). The van der Waals surface area contributed by atoms with Gasteiger partial charge in [-0.1, -0.05) is 6.07 Å². The van der Waals surface area contributed by atoms with Gasteiger partial charge in [0.05, 0.1) is 11.0 Å². The first-order valence-corrected chi connectivity index (χ1v) is 7.92. The molecule has 118 valence electrons. The maximum Gasteiger partial charge on any atom is 0.323 e. The van der Waals surface area contributed by atoms with E-state index in [4.69, 9.17) is 0 Å². The monoisotopic (exact) mass is 302 g/mol. The minimum Gasteiger partial charge on any atom is -0.353 e. The first-order chi connectivity index (χ1) is 10.7. The number of carbonyl (C=O) groups is 1. The molecule has 1 aliphatic rings. The van der Waals surface area contributed by atoms with Crippen LogP contribution in [0.4, 0.5) is 0 Å². The molecule has 0 aliphatic carbocycles. The summed E-state index contributed by atoms with van der Waals surface area (Å²) >= 11 is 0. The Morgan fingerprint density at radius 1 is 1.18 bits per heavy atom. The molecule has 1 fully saturated rings. The Hall–Kier alpha value is -2.08. The van der Waals surface area contributed by atoms with Crippen molar-refractivity contribution in [2.24, 2.45) is 0 Å². The fraction of sp³-hybridized carbons (Fsp3) is 0.500. The molecule has 3 rings (SSSR count). The van der Waals surface area contributed by atoms with Crippen molar-refractivity contribution in [3.8, 4) is 0 Å². The normalized spacial score (nSPS) is 16.0. The number of aromatic nitrogens is 2. The van der Waals surface area contributed by atoms with Crippen LogP contribution in [0.25, 0.3) is 11.0 Å². The topological polar surface area (TPSA) is 89.8 Å². The highest BCUT2D eigenvalue weighted by Crippen LogP contribution is 2.12. The van der Waals surface area contributed by atoms with Crippen molar-refractivity contribution in [1.82, 2.24) is 20.6 Å². The molecule has 1 aliphatic heterocycles. The number of fused-ring (bicyclic) bond motifs is 1. The fourth-order valence-electron chi connectivity index (χ4n) is 2.95. The van der Waals surface area contributed by atoms with Gasteiger partial charge in [-0.25, -0.2) is 4.79 Å². The molecule has 0 spiro atoms. The predicted octanol–water partition coefficient (Wildman–Crippen LogP) is 1.05. The second-order valence-corrected chi connectivity index (χ2v) is 5.90. The lowest BCUT2D eigenvalue weighted by atomic mass is 10.1. The van der Waals surface area contributed by atoms with E-state index in [1.807, 2.05) is 18.2 Å². The van der Waals surface area contributed by atoms with Crippen LogP contribution in [0.2, 0.25) is 0 Å². The van der Waals surface area contributed by atoms with Crippen LogP contribution in [-0.4, -0.2) is 35.0 Å². The largest absolute Gasteiger partial charge is 0.353 e. The van der Waals surface area contributed by atoms with Crippen LogP contribution in [0.1, 0.15) is 31.2 Å². The molecule has 0 atom stereocenters. The van der Waals surface area contributed by atoms with Crippen molar-refractivity contribution in [1.29, 1.82) is 0 Å². The molecule has 0 radical (unpaired) electrons. The van der Waals surface area contributed by atoms with E-state index >= 15 is 0 Å². The summed E-state index contributed by atoms with van der Waals surface area (Å²) in [4.78, 5) is 28.6. The number of hydrogen-bond acceptors (Lipinski definition) is 3. The zero-order valence-electron chi connectivity index (χ0n) is 12.6. The minimum absolute atomic E-state index is 0.142. The van der Waals surface area contributed by atoms with Crippen LogP contribution in [0.5, 0.6) is 0 Å². The van der Waals surface area contributed by atoms with E-state index in [2.05, 4.69) is 20.6 Å². The number of rotatable bonds is 5. The predicted molar refractivity (Wildman–Crippen MR) is 85.9 cm³/mol. The second kappa shape index (κ2) is 6.79. The van der Waals surface area contributed by atoms with E-state index in [-0.39, 0.29) is 11.6 Å². The molecule has 2 heterocycles. The van der Waals surface area contributed by atoms with Crippen LogP contribution < -0.4 is 16.3 Å². The van der Waals surface area contributed by atoms with Gasteiger partial charge in [-0.3, -0.25) is 4.79 Å². The highest BCUT2D eigenvalue weighted by molar-refractivity contribution is 5.76. The van der Waals surface area contributed by atoms with Gasteiger partial charge < -0.3 is 20.6 Å². The third kappa shape index (κ3) is 3.76. The maximum atomic E-state index is 11.9. The molecule has 0 saturated carbocycles. The first kappa shape index (κ1) is 14.8. The maximum absolute atomic E-state index is 11.9. The zero-order valence-corrected chi connectivity index (χ0v) is 12.6. The fourth-order valence-corrected chi connectivity index (χ4v) is 2.95. The molecule has 1 amide bonds. The van der Waals surface area contributed by atoms with Crippen LogP contribution >= 0.6 is 0 Å².